The van der Waals surface area contributed by atoms with E-state index in [0.717, 1.165) is 23.4 Å². The van der Waals surface area contributed by atoms with Crippen LogP contribution in [0.15, 0.2) is 42.5 Å². The number of nitrogens with one attached hydrogen (secondary N) is 1. The highest BCUT2D eigenvalue weighted by molar-refractivity contribution is 6.04. The molecule has 0 spiro atoms. The second kappa shape index (κ2) is 9.97. The fourth-order valence-corrected chi connectivity index (χ4v) is 2.61. The number of carbonyl (C=O) groups is 1. The van der Waals surface area contributed by atoms with Crippen LogP contribution in [-0.4, -0.2) is 19.1 Å². The molecule has 4 nitrogen and oxygen atoms in total. The molecule has 1 N–H and O–H groups in total. The van der Waals surface area contributed by atoms with Gasteiger partial charge in [-0.3, -0.25) is 4.79 Å². The highest BCUT2D eigenvalue weighted by Gasteiger charge is 2.11. The number of ether oxygens (including phenoxy) is 2. The second-order valence-corrected chi connectivity index (χ2v) is 6.54. The van der Waals surface area contributed by atoms with E-state index in [-0.39, 0.29) is 5.91 Å². The summed E-state index contributed by atoms with van der Waals surface area (Å²) >= 11 is 0. The second-order valence-electron chi connectivity index (χ2n) is 6.54. The summed E-state index contributed by atoms with van der Waals surface area (Å²) in [6.07, 6.45) is 0.955. The highest BCUT2D eigenvalue weighted by atomic mass is 16.5. The first-order valence-electron chi connectivity index (χ1n) is 9.29. The van der Waals surface area contributed by atoms with Crippen molar-refractivity contribution in [1.29, 1.82) is 0 Å². The van der Waals surface area contributed by atoms with Crippen LogP contribution in [0.4, 0.5) is 5.69 Å². The number of benzene rings is 2. The molecular formula is C22H29NO3. The molecule has 0 bridgehead atoms. The lowest BCUT2D eigenvalue weighted by Crippen LogP contribution is -2.13. The minimum atomic E-state index is -0.137. The first kappa shape index (κ1) is 20.0. The molecule has 0 fully saturated rings. The first-order valence-corrected chi connectivity index (χ1v) is 9.29. The third-order valence-electron chi connectivity index (χ3n) is 4.06. The highest BCUT2D eigenvalue weighted by Crippen LogP contribution is 2.23. The number of anilines is 1. The normalized spacial score (nSPS) is 10.8. The van der Waals surface area contributed by atoms with Gasteiger partial charge in [-0.25, -0.2) is 0 Å². The van der Waals surface area contributed by atoms with E-state index < -0.39 is 0 Å². The third kappa shape index (κ3) is 5.60. The van der Waals surface area contributed by atoms with Crippen LogP contribution in [0.5, 0.6) is 5.75 Å². The molecule has 26 heavy (non-hydrogen) atoms. The Morgan fingerprint density at radius 1 is 1.08 bits per heavy atom. The molecule has 0 radical (unpaired) electrons. The summed E-state index contributed by atoms with van der Waals surface area (Å²) in [5, 5.41) is 2.95. The molecule has 140 valence electrons. The summed E-state index contributed by atoms with van der Waals surface area (Å²) < 4.78 is 11.3. The Balaban J connectivity index is 2.12. The van der Waals surface area contributed by atoms with Crippen molar-refractivity contribution < 1.29 is 14.3 Å². The van der Waals surface area contributed by atoms with Gasteiger partial charge < -0.3 is 14.8 Å². The molecule has 1 amide bonds. The van der Waals surface area contributed by atoms with Gasteiger partial charge in [0.2, 0.25) is 0 Å². The van der Waals surface area contributed by atoms with Gasteiger partial charge in [0.25, 0.3) is 5.91 Å². The van der Waals surface area contributed by atoms with Crippen molar-refractivity contribution in [2.45, 2.75) is 46.6 Å². The maximum atomic E-state index is 12.6. The van der Waals surface area contributed by atoms with Crippen molar-refractivity contribution in [2.24, 2.45) is 0 Å². The van der Waals surface area contributed by atoms with E-state index in [0.29, 0.717) is 31.3 Å². The summed E-state index contributed by atoms with van der Waals surface area (Å²) in [6, 6.07) is 13.4. The molecule has 0 unspecified atom stereocenters. The topological polar surface area (TPSA) is 47.6 Å². The van der Waals surface area contributed by atoms with Crippen molar-refractivity contribution in [3.8, 4) is 5.75 Å². The molecule has 0 saturated heterocycles. The largest absolute Gasteiger partial charge is 0.494 e. The summed E-state index contributed by atoms with van der Waals surface area (Å²) in [5.41, 5.74) is 3.52. The van der Waals surface area contributed by atoms with Gasteiger partial charge >= 0.3 is 0 Å². The summed E-state index contributed by atoms with van der Waals surface area (Å²) in [4.78, 5) is 12.6. The van der Waals surface area contributed by atoms with Gasteiger partial charge in [0, 0.05) is 23.4 Å². The average molecular weight is 355 g/mol. The standard InChI is InChI=1S/C22H29NO3/c1-5-13-25-15-19-14-18(9-12-21(19)26-6-2)22(24)23-20-10-7-17(8-11-20)16(3)4/h7-12,14,16H,5-6,13,15H2,1-4H3,(H,23,24). The van der Waals surface area contributed by atoms with Crippen LogP contribution in [0.2, 0.25) is 0 Å². The molecular weight excluding hydrogens is 326 g/mol. The molecule has 0 heterocycles. The molecule has 2 aromatic carbocycles. The Morgan fingerprint density at radius 3 is 2.42 bits per heavy atom. The fraction of sp³-hybridized carbons (Fsp3) is 0.409. The summed E-state index contributed by atoms with van der Waals surface area (Å²) in [7, 11) is 0. The SMILES string of the molecule is CCCOCc1cc(C(=O)Nc2ccc(C(C)C)cc2)ccc1OCC. The lowest BCUT2D eigenvalue weighted by molar-refractivity contribution is 0.102. The Labute approximate surface area is 156 Å². The monoisotopic (exact) mass is 355 g/mol. The zero-order valence-corrected chi connectivity index (χ0v) is 16.2. The van der Waals surface area contributed by atoms with Crippen LogP contribution >= 0.6 is 0 Å². The molecule has 0 aromatic heterocycles. The molecule has 2 rings (SSSR count). The minimum Gasteiger partial charge on any atom is -0.494 e. The zero-order chi connectivity index (χ0) is 18.9. The number of rotatable bonds is 9. The van der Waals surface area contributed by atoms with Gasteiger partial charge in [-0.05, 0) is 55.2 Å². The molecule has 2 aromatic rings. The van der Waals surface area contributed by atoms with E-state index in [1.54, 1.807) is 6.07 Å². The van der Waals surface area contributed by atoms with Gasteiger partial charge in [-0.1, -0.05) is 32.9 Å². The lowest BCUT2D eigenvalue weighted by atomic mass is 10.0. The molecule has 0 saturated carbocycles. The van der Waals surface area contributed by atoms with Crippen LogP contribution in [0.3, 0.4) is 0 Å². The number of amides is 1. The number of hydrogen-bond acceptors (Lipinski definition) is 3. The van der Waals surface area contributed by atoms with Gasteiger partial charge in [-0.15, -0.1) is 0 Å². The maximum absolute atomic E-state index is 12.6. The van der Waals surface area contributed by atoms with Gasteiger partial charge in [0.05, 0.1) is 13.2 Å². The molecule has 0 aliphatic heterocycles. The lowest BCUT2D eigenvalue weighted by Gasteiger charge is -2.13. The Bertz CT molecular complexity index is 708. The van der Waals surface area contributed by atoms with Gasteiger partial charge in [0.1, 0.15) is 5.75 Å². The number of carbonyl (C=O) groups excluding carboxylic acids is 1. The molecule has 4 heteroatoms. The van der Waals surface area contributed by atoms with E-state index in [1.807, 2.05) is 43.3 Å². The average Bonchev–Trinajstić information content (AvgIpc) is 2.63. The molecule has 0 aliphatic carbocycles. The summed E-state index contributed by atoms with van der Waals surface area (Å²) in [6.45, 7) is 10.0. The van der Waals surface area contributed by atoms with Crippen LogP contribution < -0.4 is 10.1 Å². The zero-order valence-electron chi connectivity index (χ0n) is 16.2. The predicted octanol–water partition coefficient (Wildman–Crippen LogP) is 5.39. The van der Waals surface area contributed by atoms with Crippen molar-refractivity contribution in [3.05, 3.63) is 59.2 Å². The van der Waals surface area contributed by atoms with E-state index in [1.165, 1.54) is 5.56 Å². The fourth-order valence-electron chi connectivity index (χ4n) is 2.61. The molecule has 0 atom stereocenters. The van der Waals surface area contributed by atoms with Crippen LogP contribution in [0.1, 0.15) is 61.5 Å². The van der Waals surface area contributed by atoms with Crippen molar-refractivity contribution in [1.82, 2.24) is 0 Å². The third-order valence-corrected chi connectivity index (χ3v) is 4.06. The minimum absolute atomic E-state index is 0.137. The van der Waals surface area contributed by atoms with Crippen molar-refractivity contribution in [3.63, 3.8) is 0 Å². The Hall–Kier alpha value is -2.33. The van der Waals surface area contributed by atoms with Crippen LogP contribution in [-0.2, 0) is 11.3 Å². The van der Waals surface area contributed by atoms with E-state index in [2.05, 4.69) is 26.1 Å². The Kier molecular flexibility index (Phi) is 7.67. The molecule has 0 aliphatic rings. The number of hydrogen-bond donors (Lipinski definition) is 1. The first-order chi connectivity index (χ1) is 12.5. The van der Waals surface area contributed by atoms with E-state index in [4.69, 9.17) is 9.47 Å². The maximum Gasteiger partial charge on any atom is 0.255 e. The van der Waals surface area contributed by atoms with E-state index in [9.17, 15) is 4.79 Å². The van der Waals surface area contributed by atoms with Crippen LogP contribution in [0.25, 0.3) is 0 Å². The van der Waals surface area contributed by atoms with Gasteiger partial charge in [0.15, 0.2) is 0 Å². The van der Waals surface area contributed by atoms with Crippen LogP contribution in [0, 0.1) is 0 Å². The smallest absolute Gasteiger partial charge is 0.255 e. The Morgan fingerprint density at radius 2 is 1.81 bits per heavy atom. The summed E-state index contributed by atoms with van der Waals surface area (Å²) in [5.74, 6) is 1.10. The predicted molar refractivity (Wildman–Crippen MR) is 106 cm³/mol. The van der Waals surface area contributed by atoms with E-state index >= 15 is 0 Å². The quantitative estimate of drug-likeness (QED) is 0.614. The van der Waals surface area contributed by atoms with Gasteiger partial charge in [-0.2, -0.15) is 0 Å². The van der Waals surface area contributed by atoms with Crippen molar-refractivity contribution >= 4 is 11.6 Å². The van der Waals surface area contributed by atoms with Crippen molar-refractivity contribution in [2.75, 3.05) is 18.5 Å².